The third kappa shape index (κ3) is 1.34. The lowest BCUT2D eigenvalue weighted by molar-refractivity contribution is 0.227. The molecule has 0 aliphatic carbocycles. The van der Waals surface area contributed by atoms with Crippen molar-refractivity contribution in [2.24, 2.45) is 21.5 Å². The predicted octanol–water partition coefficient (Wildman–Crippen LogP) is -0.313. The van der Waals surface area contributed by atoms with E-state index < -0.39 is 0 Å². The van der Waals surface area contributed by atoms with Crippen LogP contribution in [0.15, 0.2) is 9.98 Å². The molecular formula is C7H15N5. The normalized spacial score (nSPS) is 21.8. The molecule has 1 aliphatic heterocycles. The van der Waals surface area contributed by atoms with E-state index in [-0.39, 0.29) is 11.6 Å². The van der Waals surface area contributed by atoms with Crippen LogP contribution in [0.25, 0.3) is 0 Å². The summed E-state index contributed by atoms with van der Waals surface area (Å²) in [5, 5.41) is 0. The Morgan fingerprint density at radius 2 is 2.00 bits per heavy atom. The van der Waals surface area contributed by atoms with Crippen LogP contribution in [0, 0.1) is 0 Å². The molecule has 0 aromatic carbocycles. The SMILES string of the molecule is CCN1C(N)=NC(N)=NC1(C)C. The lowest BCUT2D eigenvalue weighted by Gasteiger charge is -2.37. The summed E-state index contributed by atoms with van der Waals surface area (Å²) in [7, 11) is 0. The number of nitrogens with zero attached hydrogens (tertiary/aromatic N) is 3. The van der Waals surface area contributed by atoms with Crippen LogP contribution in [-0.2, 0) is 0 Å². The molecule has 0 saturated heterocycles. The molecule has 1 rings (SSSR count). The summed E-state index contributed by atoms with van der Waals surface area (Å²) in [4.78, 5) is 9.94. The minimum absolute atomic E-state index is 0.252. The van der Waals surface area contributed by atoms with Crippen LogP contribution >= 0.6 is 0 Å². The maximum absolute atomic E-state index is 5.67. The Balaban J connectivity index is 2.99. The summed E-state index contributed by atoms with van der Waals surface area (Å²) >= 11 is 0. The number of hydrogen-bond donors (Lipinski definition) is 2. The molecule has 1 aliphatic rings. The first-order chi connectivity index (χ1) is 5.47. The van der Waals surface area contributed by atoms with Crippen molar-refractivity contribution in [3.8, 4) is 0 Å². The monoisotopic (exact) mass is 169 g/mol. The number of rotatable bonds is 1. The van der Waals surface area contributed by atoms with E-state index in [2.05, 4.69) is 9.98 Å². The summed E-state index contributed by atoms with van der Waals surface area (Å²) in [6.07, 6.45) is 0. The highest BCUT2D eigenvalue weighted by atomic mass is 15.4. The van der Waals surface area contributed by atoms with E-state index >= 15 is 0 Å². The van der Waals surface area contributed by atoms with Gasteiger partial charge in [0.2, 0.25) is 11.9 Å². The molecule has 68 valence electrons. The highest BCUT2D eigenvalue weighted by Crippen LogP contribution is 2.18. The number of hydrogen-bond acceptors (Lipinski definition) is 5. The third-order valence-electron chi connectivity index (χ3n) is 1.87. The van der Waals surface area contributed by atoms with E-state index in [0.29, 0.717) is 5.96 Å². The van der Waals surface area contributed by atoms with Gasteiger partial charge in [-0.2, -0.15) is 4.99 Å². The molecule has 0 fully saturated rings. The topological polar surface area (TPSA) is 80.0 Å². The third-order valence-corrected chi connectivity index (χ3v) is 1.87. The molecule has 0 amide bonds. The van der Waals surface area contributed by atoms with Gasteiger partial charge in [-0.1, -0.05) is 0 Å². The summed E-state index contributed by atoms with van der Waals surface area (Å²) in [6, 6.07) is 0. The van der Waals surface area contributed by atoms with E-state index in [9.17, 15) is 0 Å². The van der Waals surface area contributed by atoms with Gasteiger partial charge in [0.05, 0.1) is 0 Å². The van der Waals surface area contributed by atoms with Crippen molar-refractivity contribution in [3.63, 3.8) is 0 Å². The van der Waals surface area contributed by atoms with Gasteiger partial charge < -0.3 is 16.4 Å². The van der Waals surface area contributed by atoms with Crippen molar-refractivity contribution in [3.05, 3.63) is 0 Å². The minimum Gasteiger partial charge on any atom is -0.369 e. The molecule has 5 nitrogen and oxygen atoms in total. The summed E-state index contributed by atoms with van der Waals surface area (Å²) < 4.78 is 0. The fourth-order valence-corrected chi connectivity index (χ4v) is 1.37. The van der Waals surface area contributed by atoms with Gasteiger partial charge in [-0.05, 0) is 20.8 Å². The van der Waals surface area contributed by atoms with Crippen molar-refractivity contribution in [1.82, 2.24) is 4.90 Å². The van der Waals surface area contributed by atoms with Gasteiger partial charge in [-0.25, -0.2) is 4.99 Å². The first-order valence-corrected chi connectivity index (χ1v) is 3.94. The number of aliphatic imine (C=N–C) groups is 2. The molecule has 12 heavy (non-hydrogen) atoms. The molecule has 4 N–H and O–H groups in total. The Kier molecular flexibility index (Phi) is 1.95. The first-order valence-electron chi connectivity index (χ1n) is 3.94. The van der Waals surface area contributed by atoms with Crippen LogP contribution < -0.4 is 11.5 Å². The zero-order valence-corrected chi connectivity index (χ0v) is 7.70. The Morgan fingerprint density at radius 1 is 1.42 bits per heavy atom. The molecule has 0 atom stereocenters. The standard InChI is InChI=1S/C7H15N5/c1-4-12-6(9)10-5(8)11-7(12,2)3/h4H2,1-3H3,(H4,8,9,10,11). The lowest BCUT2D eigenvalue weighted by atomic mass is 10.2. The van der Waals surface area contributed by atoms with Crippen molar-refractivity contribution < 1.29 is 0 Å². The van der Waals surface area contributed by atoms with Crippen LogP contribution in [-0.4, -0.2) is 29.0 Å². The Bertz CT molecular complexity index is 240. The van der Waals surface area contributed by atoms with Gasteiger partial charge in [0, 0.05) is 6.54 Å². The first kappa shape index (κ1) is 8.83. The zero-order chi connectivity index (χ0) is 9.35. The smallest absolute Gasteiger partial charge is 0.220 e. The van der Waals surface area contributed by atoms with Crippen LogP contribution in [0.5, 0.6) is 0 Å². The molecular weight excluding hydrogens is 154 g/mol. The molecule has 0 unspecified atom stereocenters. The maximum atomic E-state index is 5.67. The summed E-state index contributed by atoms with van der Waals surface area (Å²) in [6.45, 7) is 6.68. The minimum atomic E-state index is -0.370. The molecule has 0 bridgehead atoms. The van der Waals surface area contributed by atoms with Crippen LogP contribution in [0.1, 0.15) is 20.8 Å². The average molecular weight is 169 g/mol. The van der Waals surface area contributed by atoms with E-state index in [4.69, 9.17) is 11.5 Å². The summed E-state index contributed by atoms with van der Waals surface area (Å²) in [5.41, 5.74) is 10.8. The molecule has 0 aromatic heterocycles. The van der Waals surface area contributed by atoms with Crippen molar-refractivity contribution in [2.45, 2.75) is 26.4 Å². The summed E-state index contributed by atoms with van der Waals surface area (Å²) in [5.74, 6) is 0.692. The molecule has 5 heteroatoms. The van der Waals surface area contributed by atoms with Crippen LogP contribution in [0.4, 0.5) is 0 Å². The van der Waals surface area contributed by atoms with E-state index in [0.717, 1.165) is 6.54 Å². The second-order valence-corrected chi connectivity index (χ2v) is 3.18. The Morgan fingerprint density at radius 3 is 2.42 bits per heavy atom. The molecule has 0 aromatic rings. The quantitative estimate of drug-likeness (QED) is 0.565. The molecule has 0 radical (unpaired) electrons. The van der Waals surface area contributed by atoms with Gasteiger partial charge in [0.25, 0.3) is 0 Å². The lowest BCUT2D eigenvalue weighted by Crippen LogP contribution is -2.53. The molecule has 0 spiro atoms. The van der Waals surface area contributed by atoms with Crippen molar-refractivity contribution in [1.29, 1.82) is 0 Å². The molecule has 1 heterocycles. The van der Waals surface area contributed by atoms with Gasteiger partial charge in [0.1, 0.15) is 5.66 Å². The molecule has 0 saturated carbocycles. The van der Waals surface area contributed by atoms with Crippen molar-refractivity contribution in [2.75, 3.05) is 6.54 Å². The Labute approximate surface area is 72.2 Å². The number of nitrogens with two attached hydrogens (primary N) is 2. The zero-order valence-electron chi connectivity index (χ0n) is 7.70. The second kappa shape index (κ2) is 2.66. The van der Waals surface area contributed by atoms with Crippen molar-refractivity contribution >= 4 is 11.9 Å². The largest absolute Gasteiger partial charge is 0.369 e. The van der Waals surface area contributed by atoms with Gasteiger partial charge in [0.15, 0.2) is 0 Å². The van der Waals surface area contributed by atoms with Gasteiger partial charge in [-0.15, -0.1) is 0 Å². The fourth-order valence-electron chi connectivity index (χ4n) is 1.37. The van der Waals surface area contributed by atoms with Gasteiger partial charge >= 0.3 is 0 Å². The highest BCUT2D eigenvalue weighted by molar-refractivity contribution is 5.95. The van der Waals surface area contributed by atoms with Crippen LogP contribution in [0.3, 0.4) is 0 Å². The highest BCUT2D eigenvalue weighted by Gasteiger charge is 2.29. The Hall–Kier alpha value is -1.26. The maximum Gasteiger partial charge on any atom is 0.220 e. The number of guanidine groups is 2. The second-order valence-electron chi connectivity index (χ2n) is 3.18. The van der Waals surface area contributed by atoms with E-state index in [1.54, 1.807) is 0 Å². The van der Waals surface area contributed by atoms with Crippen LogP contribution in [0.2, 0.25) is 0 Å². The predicted molar refractivity (Wildman–Crippen MR) is 49.7 cm³/mol. The van der Waals surface area contributed by atoms with Gasteiger partial charge in [-0.3, -0.25) is 0 Å². The van der Waals surface area contributed by atoms with E-state index in [1.165, 1.54) is 0 Å². The van der Waals surface area contributed by atoms with E-state index in [1.807, 2.05) is 25.7 Å². The fraction of sp³-hybridized carbons (Fsp3) is 0.714. The average Bonchev–Trinajstić information content (AvgIpc) is 1.82.